The van der Waals surface area contributed by atoms with Gasteiger partial charge in [0.25, 0.3) is 0 Å². The highest BCUT2D eigenvalue weighted by atomic mass is 79.9. The smallest absolute Gasteiger partial charge is 0.193 e. The Labute approximate surface area is 105 Å². The summed E-state index contributed by atoms with van der Waals surface area (Å²) in [5, 5.41) is 3.07. The summed E-state index contributed by atoms with van der Waals surface area (Å²) < 4.78 is 0.996. The maximum Gasteiger partial charge on any atom is 0.193 e. The van der Waals surface area contributed by atoms with Crippen molar-refractivity contribution < 1.29 is 0 Å². The molecule has 4 heteroatoms. The monoisotopic (exact) mass is 283 g/mol. The Hall–Kier alpha value is -1.03. The molecule has 0 aliphatic heterocycles. The number of hydrogen-bond acceptors (Lipinski definition) is 1. The largest absolute Gasteiger partial charge is 0.370 e. The minimum Gasteiger partial charge on any atom is -0.370 e. The predicted octanol–water partition coefficient (Wildman–Crippen LogP) is 3.14. The molecule has 0 aliphatic carbocycles. The second kappa shape index (κ2) is 5.89. The van der Waals surface area contributed by atoms with Crippen LogP contribution in [-0.4, -0.2) is 12.5 Å². The summed E-state index contributed by atoms with van der Waals surface area (Å²) in [6.45, 7) is 7.00. The van der Waals surface area contributed by atoms with Crippen LogP contribution in [0.5, 0.6) is 0 Å². The van der Waals surface area contributed by atoms with Crippen molar-refractivity contribution in [1.82, 2.24) is 0 Å². The van der Waals surface area contributed by atoms with E-state index >= 15 is 0 Å². The molecule has 3 nitrogen and oxygen atoms in total. The maximum absolute atomic E-state index is 5.78. The average molecular weight is 284 g/mol. The van der Waals surface area contributed by atoms with E-state index in [4.69, 9.17) is 5.73 Å². The molecule has 88 valence electrons. The van der Waals surface area contributed by atoms with E-state index in [-0.39, 0.29) is 0 Å². The number of benzene rings is 1. The van der Waals surface area contributed by atoms with Crippen molar-refractivity contribution in [1.29, 1.82) is 0 Å². The lowest BCUT2D eigenvalue weighted by Crippen LogP contribution is -2.23. The topological polar surface area (TPSA) is 50.4 Å². The first-order valence-electron chi connectivity index (χ1n) is 5.32. The number of halogens is 1. The van der Waals surface area contributed by atoms with Gasteiger partial charge in [-0.05, 0) is 46.5 Å². The van der Waals surface area contributed by atoms with E-state index in [9.17, 15) is 0 Å². The van der Waals surface area contributed by atoms with E-state index in [0.29, 0.717) is 11.9 Å². The number of aliphatic imine (C=N–C) groups is 1. The van der Waals surface area contributed by atoms with Crippen molar-refractivity contribution in [3.8, 4) is 0 Å². The molecule has 0 unspecified atom stereocenters. The van der Waals surface area contributed by atoms with E-state index in [1.165, 1.54) is 5.56 Å². The molecule has 3 N–H and O–H groups in total. The Morgan fingerprint density at radius 1 is 1.50 bits per heavy atom. The van der Waals surface area contributed by atoms with Crippen molar-refractivity contribution in [2.24, 2.45) is 16.6 Å². The molecule has 0 spiro atoms. The van der Waals surface area contributed by atoms with Crippen LogP contribution in [-0.2, 0) is 0 Å². The third kappa shape index (κ3) is 4.23. The fraction of sp³-hybridized carbons (Fsp3) is 0.417. The molecule has 0 saturated carbocycles. The van der Waals surface area contributed by atoms with Crippen LogP contribution in [0, 0.1) is 12.8 Å². The molecule has 1 rings (SSSR count). The predicted molar refractivity (Wildman–Crippen MR) is 73.8 cm³/mol. The Bertz CT molecular complexity index is 386. The first-order chi connectivity index (χ1) is 7.49. The summed E-state index contributed by atoms with van der Waals surface area (Å²) in [4.78, 5) is 4.24. The minimum absolute atomic E-state index is 0.457. The normalized spacial score (nSPS) is 11.9. The van der Waals surface area contributed by atoms with Gasteiger partial charge >= 0.3 is 0 Å². The van der Waals surface area contributed by atoms with Crippen LogP contribution in [0.1, 0.15) is 19.4 Å². The molecule has 1 aromatic carbocycles. The zero-order valence-corrected chi connectivity index (χ0v) is 11.5. The van der Waals surface area contributed by atoms with Crippen molar-refractivity contribution in [3.63, 3.8) is 0 Å². The second-order valence-electron chi connectivity index (χ2n) is 4.23. The molecule has 1 aromatic rings. The summed E-state index contributed by atoms with van der Waals surface area (Å²) in [6, 6.07) is 6.05. The SMILES string of the molecule is Cc1ccc(NC(N)=NCC(C)C)c(Br)c1. The lowest BCUT2D eigenvalue weighted by Gasteiger charge is -2.09. The van der Waals surface area contributed by atoms with E-state index in [2.05, 4.69) is 40.1 Å². The minimum atomic E-state index is 0.457. The first kappa shape index (κ1) is 13.0. The highest BCUT2D eigenvalue weighted by Crippen LogP contribution is 2.22. The molecule has 0 aromatic heterocycles. The number of nitrogens with zero attached hydrogens (tertiary/aromatic N) is 1. The summed E-state index contributed by atoms with van der Waals surface area (Å²) in [5.74, 6) is 0.972. The van der Waals surface area contributed by atoms with Crippen LogP contribution in [0.15, 0.2) is 27.7 Å². The van der Waals surface area contributed by atoms with Gasteiger partial charge in [-0.15, -0.1) is 0 Å². The van der Waals surface area contributed by atoms with Gasteiger partial charge in [-0.2, -0.15) is 0 Å². The molecular formula is C12H18BrN3. The van der Waals surface area contributed by atoms with Gasteiger partial charge < -0.3 is 11.1 Å². The molecule has 0 atom stereocenters. The van der Waals surface area contributed by atoms with E-state index in [1.807, 2.05) is 25.1 Å². The number of anilines is 1. The summed E-state index contributed by atoms with van der Waals surface area (Å²) in [7, 11) is 0. The number of guanidine groups is 1. The van der Waals surface area contributed by atoms with Gasteiger partial charge in [0, 0.05) is 11.0 Å². The fourth-order valence-electron chi connectivity index (χ4n) is 1.18. The van der Waals surface area contributed by atoms with Crippen LogP contribution in [0.25, 0.3) is 0 Å². The molecule has 0 saturated heterocycles. The maximum atomic E-state index is 5.78. The number of aryl methyl sites for hydroxylation is 1. The van der Waals surface area contributed by atoms with Crippen molar-refractivity contribution in [2.45, 2.75) is 20.8 Å². The number of hydrogen-bond donors (Lipinski definition) is 2. The van der Waals surface area contributed by atoms with E-state index in [0.717, 1.165) is 16.7 Å². The Kier molecular flexibility index (Phi) is 4.80. The molecule has 0 radical (unpaired) electrons. The van der Waals surface area contributed by atoms with Crippen LogP contribution in [0.3, 0.4) is 0 Å². The average Bonchev–Trinajstić information content (AvgIpc) is 2.19. The lowest BCUT2D eigenvalue weighted by atomic mass is 10.2. The molecule has 0 bridgehead atoms. The summed E-state index contributed by atoms with van der Waals surface area (Å²) in [6.07, 6.45) is 0. The zero-order valence-electron chi connectivity index (χ0n) is 9.92. The van der Waals surface area contributed by atoms with Crippen LogP contribution in [0.4, 0.5) is 5.69 Å². The Morgan fingerprint density at radius 2 is 2.19 bits per heavy atom. The quantitative estimate of drug-likeness (QED) is 0.661. The van der Waals surface area contributed by atoms with E-state index in [1.54, 1.807) is 0 Å². The first-order valence-corrected chi connectivity index (χ1v) is 6.11. The van der Waals surface area contributed by atoms with Crippen molar-refractivity contribution in [3.05, 3.63) is 28.2 Å². The molecule has 0 fully saturated rings. The van der Waals surface area contributed by atoms with Crippen molar-refractivity contribution in [2.75, 3.05) is 11.9 Å². The number of nitrogens with two attached hydrogens (primary N) is 1. The van der Waals surface area contributed by atoms with Crippen LogP contribution in [0.2, 0.25) is 0 Å². The zero-order chi connectivity index (χ0) is 12.1. The Morgan fingerprint density at radius 3 is 2.75 bits per heavy atom. The summed E-state index contributed by atoms with van der Waals surface area (Å²) in [5.41, 5.74) is 7.92. The van der Waals surface area contributed by atoms with E-state index < -0.39 is 0 Å². The second-order valence-corrected chi connectivity index (χ2v) is 5.08. The highest BCUT2D eigenvalue weighted by Gasteiger charge is 2.01. The third-order valence-electron chi connectivity index (χ3n) is 2.01. The van der Waals surface area contributed by atoms with Gasteiger partial charge in [0.2, 0.25) is 0 Å². The standard InChI is InChI=1S/C12H18BrN3/c1-8(2)7-15-12(14)16-11-5-4-9(3)6-10(11)13/h4-6,8H,7H2,1-3H3,(H3,14,15,16). The van der Waals surface area contributed by atoms with Gasteiger partial charge in [-0.1, -0.05) is 19.9 Å². The number of nitrogens with one attached hydrogen (secondary N) is 1. The molecule has 16 heavy (non-hydrogen) atoms. The van der Waals surface area contributed by atoms with Crippen LogP contribution < -0.4 is 11.1 Å². The molecule has 0 amide bonds. The van der Waals surface area contributed by atoms with Crippen molar-refractivity contribution >= 4 is 27.6 Å². The molecule has 0 heterocycles. The van der Waals surface area contributed by atoms with Gasteiger partial charge in [-0.3, -0.25) is 4.99 Å². The third-order valence-corrected chi connectivity index (χ3v) is 2.67. The Balaban J connectivity index is 2.69. The molecule has 0 aliphatic rings. The summed E-state index contributed by atoms with van der Waals surface area (Å²) >= 11 is 3.48. The number of rotatable bonds is 3. The van der Waals surface area contributed by atoms with Gasteiger partial charge in [0.05, 0.1) is 5.69 Å². The molecular weight excluding hydrogens is 266 g/mol. The van der Waals surface area contributed by atoms with Gasteiger partial charge in [-0.25, -0.2) is 0 Å². The highest BCUT2D eigenvalue weighted by molar-refractivity contribution is 9.10. The lowest BCUT2D eigenvalue weighted by molar-refractivity contribution is 0.665. The van der Waals surface area contributed by atoms with Gasteiger partial charge in [0.15, 0.2) is 5.96 Å². The van der Waals surface area contributed by atoms with Gasteiger partial charge in [0.1, 0.15) is 0 Å². The van der Waals surface area contributed by atoms with Crippen LogP contribution >= 0.6 is 15.9 Å². The fourth-order valence-corrected chi connectivity index (χ4v) is 1.77.